The van der Waals surface area contributed by atoms with Gasteiger partial charge in [-0.15, -0.1) is 0 Å². The van der Waals surface area contributed by atoms with Crippen LogP contribution >= 0.6 is 0 Å². The molecule has 0 saturated heterocycles. The quantitative estimate of drug-likeness (QED) is 0.667. The van der Waals surface area contributed by atoms with E-state index in [1.807, 2.05) is 6.07 Å². The molecule has 1 amide bonds. The van der Waals surface area contributed by atoms with Gasteiger partial charge < -0.3 is 16.2 Å². The van der Waals surface area contributed by atoms with Crippen LogP contribution in [0, 0.1) is 11.3 Å². The second kappa shape index (κ2) is 4.85. The first-order valence-corrected chi connectivity index (χ1v) is 5.14. The fourth-order valence-corrected chi connectivity index (χ4v) is 1.21. The van der Waals surface area contributed by atoms with E-state index in [0.29, 0.717) is 11.3 Å². The number of amides is 1. The van der Waals surface area contributed by atoms with Gasteiger partial charge in [-0.2, -0.15) is 5.26 Å². The van der Waals surface area contributed by atoms with Crippen LogP contribution in [0.3, 0.4) is 0 Å². The Labute approximate surface area is 99.9 Å². The molecule has 0 aliphatic carbocycles. The zero-order valence-electron chi connectivity index (χ0n) is 9.82. The Hall–Kier alpha value is -2.06. The Balaban J connectivity index is 2.86. The van der Waals surface area contributed by atoms with Crippen molar-refractivity contribution in [3.05, 3.63) is 29.3 Å². The first-order chi connectivity index (χ1) is 7.83. The first kappa shape index (κ1) is 13.0. The second-order valence-corrected chi connectivity index (χ2v) is 4.41. The van der Waals surface area contributed by atoms with Crippen molar-refractivity contribution in [2.75, 3.05) is 12.3 Å². The maximum Gasteiger partial charge on any atom is 0.253 e. The van der Waals surface area contributed by atoms with Crippen LogP contribution in [0.1, 0.15) is 29.8 Å². The molecule has 4 N–H and O–H groups in total. The maximum atomic E-state index is 11.8. The molecule has 90 valence electrons. The molecule has 0 radical (unpaired) electrons. The third-order valence-electron chi connectivity index (χ3n) is 2.11. The van der Waals surface area contributed by atoms with Crippen molar-refractivity contribution in [1.82, 2.24) is 5.32 Å². The number of nitrogen functional groups attached to an aromatic ring is 1. The molecule has 1 aromatic carbocycles. The molecular formula is C12H15N3O2. The summed E-state index contributed by atoms with van der Waals surface area (Å²) in [6.45, 7) is 3.28. The number of benzene rings is 1. The predicted octanol–water partition coefficient (Wildman–Crippen LogP) is 0.641. The lowest BCUT2D eigenvalue weighted by molar-refractivity contribution is 0.0694. The number of nitrogens with two attached hydrogens (primary N) is 1. The number of carbonyl (C=O) groups is 1. The fraction of sp³-hybridized carbons (Fsp3) is 0.333. The van der Waals surface area contributed by atoms with E-state index in [2.05, 4.69) is 5.32 Å². The minimum atomic E-state index is -0.989. The first-order valence-electron chi connectivity index (χ1n) is 5.14. The number of anilines is 1. The van der Waals surface area contributed by atoms with E-state index in [4.69, 9.17) is 11.0 Å². The molecule has 5 heteroatoms. The molecule has 0 aliphatic rings. The molecule has 0 unspecified atom stereocenters. The molecule has 0 heterocycles. The van der Waals surface area contributed by atoms with Crippen LogP contribution in [0.25, 0.3) is 0 Å². The summed E-state index contributed by atoms with van der Waals surface area (Å²) in [7, 11) is 0. The minimum Gasteiger partial charge on any atom is -0.398 e. The lowest BCUT2D eigenvalue weighted by Crippen LogP contribution is -2.38. The summed E-state index contributed by atoms with van der Waals surface area (Å²) in [4.78, 5) is 11.8. The van der Waals surface area contributed by atoms with E-state index >= 15 is 0 Å². The van der Waals surface area contributed by atoms with Crippen LogP contribution in [-0.2, 0) is 0 Å². The predicted molar refractivity (Wildman–Crippen MR) is 64.2 cm³/mol. The third kappa shape index (κ3) is 3.78. The van der Waals surface area contributed by atoms with Gasteiger partial charge in [0, 0.05) is 12.2 Å². The molecule has 0 spiro atoms. The van der Waals surface area contributed by atoms with E-state index in [1.165, 1.54) is 12.1 Å². The second-order valence-electron chi connectivity index (χ2n) is 4.41. The summed E-state index contributed by atoms with van der Waals surface area (Å²) in [5.74, 6) is -0.401. The number of aliphatic hydroxyl groups is 1. The minimum absolute atomic E-state index is 0.113. The highest BCUT2D eigenvalue weighted by molar-refractivity contribution is 5.99. The van der Waals surface area contributed by atoms with Crippen LogP contribution in [-0.4, -0.2) is 23.2 Å². The van der Waals surface area contributed by atoms with Gasteiger partial charge in [0.2, 0.25) is 0 Å². The molecule has 0 bridgehead atoms. The van der Waals surface area contributed by atoms with Crippen molar-refractivity contribution >= 4 is 11.6 Å². The molecule has 0 aliphatic heterocycles. The fourth-order valence-electron chi connectivity index (χ4n) is 1.21. The Morgan fingerprint density at radius 1 is 1.59 bits per heavy atom. The average Bonchev–Trinajstić information content (AvgIpc) is 2.25. The standard InChI is InChI=1S/C12H15N3O2/c1-12(2,17)7-15-11(16)9-5-8(6-13)3-4-10(9)14/h3-5,17H,7,14H2,1-2H3,(H,15,16). The van der Waals surface area contributed by atoms with Crippen molar-refractivity contribution in [3.63, 3.8) is 0 Å². The molecule has 1 rings (SSSR count). The van der Waals surface area contributed by atoms with E-state index in [0.717, 1.165) is 0 Å². The van der Waals surface area contributed by atoms with Crippen LogP contribution in [0.4, 0.5) is 5.69 Å². The summed E-state index contributed by atoms with van der Waals surface area (Å²) in [5.41, 5.74) is 5.58. The van der Waals surface area contributed by atoms with Crippen LogP contribution in [0.5, 0.6) is 0 Å². The molecule has 1 aromatic rings. The smallest absolute Gasteiger partial charge is 0.253 e. The monoisotopic (exact) mass is 233 g/mol. The van der Waals surface area contributed by atoms with Gasteiger partial charge in [-0.05, 0) is 32.0 Å². The van der Waals surface area contributed by atoms with Crippen LogP contribution in [0.15, 0.2) is 18.2 Å². The number of nitrogens with zero attached hydrogens (tertiary/aromatic N) is 1. The van der Waals surface area contributed by atoms with Gasteiger partial charge in [0.1, 0.15) is 0 Å². The highest BCUT2D eigenvalue weighted by atomic mass is 16.3. The molecule has 5 nitrogen and oxygen atoms in total. The molecule has 0 fully saturated rings. The SMILES string of the molecule is CC(C)(O)CNC(=O)c1cc(C#N)ccc1N. The summed E-state index contributed by atoms with van der Waals surface area (Å²) >= 11 is 0. The van der Waals surface area contributed by atoms with Crippen molar-refractivity contribution in [2.45, 2.75) is 19.4 Å². The number of hydrogen-bond donors (Lipinski definition) is 3. The Morgan fingerprint density at radius 3 is 2.76 bits per heavy atom. The van der Waals surface area contributed by atoms with E-state index in [9.17, 15) is 9.90 Å². The van der Waals surface area contributed by atoms with Crippen LogP contribution < -0.4 is 11.1 Å². The largest absolute Gasteiger partial charge is 0.398 e. The normalized spacial score (nSPS) is 10.7. The number of nitrogens with one attached hydrogen (secondary N) is 1. The van der Waals surface area contributed by atoms with Gasteiger partial charge >= 0.3 is 0 Å². The number of nitriles is 1. The highest BCUT2D eigenvalue weighted by Crippen LogP contribution is 2.13. The van der Waals surface area contributed by atoms with Gasteiger partial charge in [0.15, 0.2) is 0 Å². The third-order valence-corrected chi connectivity index (χ3v) is 2.11. The van der Waals surface area contributed by atoms with Gasteiger partial charge in [0.25, 0.3) is 5.91 Å². The molecule has 0 saturated carbocycles. The summed E-state index contributed by atoms with van der Waals surface area (Å²) in [6, 6.07) is 6.42. The van der Waals surface area contributed by atoms with Crippen molar-refractivity contribution in [2.24, 2.45) is 0 Å². The molecular weight excluding hydrogens is 218 g/mol. The summed E-state index contributed by atoms with van der Waals surface area (Å²) in [5, 5.41) is 20.8. The maximum absolute atomic E-state index is 11.8. The highest BCUT2D eigenvalue weighted by Gasteiger charge is 2.16. The number of hydrogen-bond acceptors (Lipinski definition) is 4. The zero-order valence-corrected chi connectivity index (χ0v) is 9.82. The Morgan fingerprint density at radius 2 is 2.24 bits per heavy atom. The number of rotatable bonds is 3. The van der Waals surface area contributed by atoms with Gasteiger partial charge in [0.05, 0.1) is 22.8 Å². The van der Waals surface area contributed by atoms with Gasteiger partial charge in [-0.1, -0.05) is 0 Å². The zero-order chi connectivity index (χ0) is 13.1. The van der Waals surface area contributed by atoms with E-state index < -0.39 is 11.5 Å². The molecule has 17 heavy (non-hydrogen) atoms. The van der Waals surface area contributed by atoms with Gasteiger partial charge in [-0.25, -0.2) is 0 Å². The van der Waals surface area contributed by atoms with Crippen LogP contribution in [0.2, 0.25) is 0 Å². The van der Waals surface area contributed by atoms with Crippen molar-refractivity contribution < 1.29 is 9.90 Å². The Kier molecular flexibility index (Phi) is 3.71. The lowest BCUT2D eigenvalue weighted by atomic mass is 10.1. The molecule has 0 aromatic heterocycles. The van der Waals surface area contributed by atoms with Gasteiger partial charge in [-0.3, -0.25) is 4.79 Å². The molecule has 0 atom stereocenters. The topological polar surface area (TPSA) is 99.1 Å². The number of carbonyl (C=O) groups excluding carboxylic acids is 1. The van der Waals surface area contributed by atoms with E-state index in [1.54, 1.807) is 19.9 Å². The summed E-state index contributed by atoms with van der Waals surface area (Å²) < 4.78 is 0. The van der Waals surface area contributed by atoms with Crippen molar-refractivity contribution in [3.8, 4) is 6.07 Å². The van der Waals surface area contributed by atoms with Crippen molar-refractivity contribution in [1.29, 1.82) is 5.26 Å². The lowest BCUT2D eigenvalue weighted by Gasteiger charge is -2.18. The Bertz CT molecular complexity index is 470. The summed E-state index contributed by atoms with van der Waals surface area (Å²) in [6.07, 6.45) is 0. The van der Waals surface area contributed by atoms with E-state index in [-0.39, 0.29) is 12.1 Å². The average molecular weight is 233 g/mol.